The van der Waals surface area contributed by atoms with Gasteiger partial charge in [0.15, 0.2) is 0 Å². The average molecular weight is 228 g/mol. The Morgan fingerprint density at radius 1 is 1.19 bits per heavy atom. The van der Waals surface area contributed by atoms with Crippen LogP contribution in [0.25, 0.3) is 0 Å². The van der Waals surface area contributed by atoms with E-state index in [1.807, 2.05) is 13.8 Å². The quantitative estimate of drug-likeness (QED) is 0.729. The highest BCUT2D eigenvalue weighted by Gasteiger charge is 2.21. The van der Waals surface area contributed by atoms with Crippen LogP contribution in [0.4, 0.5) is 0 Å². The lowest BCUT2D eigenvalue weighted by molar-refractivity contribution is 0.123. The van der Waals surface area contributed by atoms with Crippen LogP contribution in [0.15, 0.2) is 0 Å². The van der Waals surface area contributed by atoms with Crippen LogP contribution in [-0.4, -0.2) is 49.1 Å². The van der Waals surface area contributed by atoms with Gasteiger partial charge in [0, 0.05) is 12.6 Å². The van der Waals surface area contributed by atoms with Gasteiger partial charge in [0.05, 0.1) is 0 Å². The van der Waals surface area contributed by atoms with Gasteiger partial charge in [-0.1, -0.05) is 34.6 Å². The second-order valence-corrected chi connectivity index (χ2v) is 5.00. The predicted molar refractivity (Wildman–Crippen MR) is 74.0 cm³/mol. The van der Waals surface area contributed by atoms with Crippen molar-refractivity contribution < 1.29 is 0 Å². The van der Waals surface area contributed by atoms with Gasteiger partial charge in [-0.05, 0) is 45.4 Å². The highest BCUT2D eigenvalue weighted by Crippen LogP contribution is 2.15. The molecule has 0 radical (unpaired) electrons. The molecule has 1 saturated heterocycles. The maximum atomic E-state index is 2.62. The van der Waals surface area contributed by atoms with Gasteiger partial charge < -0.3 is 9.80 Å². The summed E-state index contributed by atoms with van der Waals surface area (Å²) in [5.74, 6) is 0.815. The first-order valence-corrected chi connectivity index (χ1v) is 7.06. The van der Waals surface area contributed by atoms with Crippen LogP contribution >= 0.6 is 0 Å². The predicted octanol–water partition coefficient (Wildman–Crippen LogP) is 3.08. The highest BCUT2D eigenvalue weighted by atomic mass is 15.2. The average Bonchev–Trinajstić information content (AvgIpc) is 2.31. The smallest absolute Gasteiger partial charge is 0.0116 e. The first kappa shape index (κ1) is 15.9. The highest BCUT2D eigenvalue weighted by molar-refractivity contribution is 4.78. The fraction of sp³-hybridized carbons (Fsp3) is 1.00. The Bertz CT molecular complexity index is 149. The molecule has 1 fully saturated rings. The molecule has 2 heteroatoms. The Labute approximate surface area is 103 Å². The van der Waals surface area contributed by atoms with E-state index in [2.05, 4.69) is 37.6 Å². The molecule has 0 aromatic rings. The molecule has 0 atom stereocenters. The lowest BCUT2D eigenvalue weighted by Crippen LogP contribution is -2.44. The summed E-state index contributed by atoms with van der Waals surface area (Å²) >= 11 is 0. The fourth-order valence-electron chi connectivity index (χ4n) is 2.32. The number of nitrogens with zero attached hydrogens (tertiary/aromatic N) is 2. The third-order valence-electron chi connectivity index (χ3n) is 3.30. The van der Waals surface area contributed by atoms with Crippen LogP contribution < -0.4 is 0 Å². The van der Waals surface area contributed by atoms with Crippen molar-refractivity contribution in [2.45, 2.75) is 53.5 Å². The van der Waals surface area contributed by atoms with Gasteiger partial charge in [0.25, 0.3) is 0 Å². The van der Waals surface area contributed by atoms with E-state index in [0.717, 1.165) is 12.0 Å². The van der Waals surface area contributed by atoms with E-state index < -0.39 is 0 Å². The van der Waals surface area contributed by atoms with Crippen molar-refractivity contribution >= 4 is 0 Å². The summed E-state index contributed by atoms with van der Waals surface area (Å²) in [6.45, 7) is 15.9. The molecular weight excluding hydrogens is 196 g/mol. The molecule has 0 N–H and O–H groups in total. The van der Waals surface area contributed by atoms with Crippen LogP contribution in [0, 0.1) is 5.92 Å². The molecule has 0 aliphatic carbocycles. The van der Waals surface area contributed by atoms with E-state index in [-0.39, 0.29) is 0 Å². The van der Waals surface area contributed by atoms with E-state index in [0.29, 0.717) is 0 Å². The fourth-order valence-corrected chi connectivity index (χ4v) is 2.32. The van der Waals surface area contributed by atoms with Gasteiger partial charge in [-0.15, -0.1) is 0 Å². The normalized spacial score (nSPS) is 18.8. The summed E-state index contributed by atoms with van der Waals surface area (Å²) in [6, 6.07) is 0.836. The van der Waals surface area contributed by atoms with E-state index in [1.54, 1.807) is 0 Å². The standard InChI is InChI=1S/C12H26N2.C2H6/c1-5-13(4)12-6-8-14(9-7-12)10-11(2)3;1-2/h11-12H,5-10H2,1-4H3;1-2H3. The van der Waals surface area contributed by atoms with Crippen LogP contribution in [0.2, 0.25) is 0 Å². The van der Waals surface area contributed by atoms with E-state index in [9.17, 15) is 0 Å². The summed E-state index contributed by atoms with van der Waals surface area (Å²) in [5, 5.41) is 0. The summed E-state index contributed by atoms with van der Waals surface area (Å²) in [6.07, 6.45) is 2.72. The molecule has 0 saturated carbocycles. The number of likely N-dealkylation sites (tertiary alicyclic amines) is 1. The van der Waals surface area contributed by atoms with Crippen molar-refractivity contribution in [3.05, 3.63) is 0 Å². The second kappa shape index (κ2) is 9.00. The van der Waals surface area contributed by atoms with Crippen LogP contribution in [-0.2, 0) is 0 Å². The zero-order chi connectivity index (χ0) is 12.6. The summed E-state index contributed by atoms with van der Waals surface area (Å²) in [4.78, 5) is 5.11. The maximum absolute atomic E-state index is 2.62. The minimum Gasteiger partial charge on any atom is -0.304 e. The zero-order valence-electron chi connectivity index (χ0n) is 12.3. The Hall–Kier alpha value is -0.0800. The number of piperidine rings is 1. The van der Waals surface area contributed by atoms with Crippen LogP contribution in [0.3, 0.4) is 0 Å². The van der Waals surface area contributed by atoms with Crippen molar-refractivity contribution in [1.29, 1.82) is 0 Å². The molecule has 0 spiro atoms. The van der Waals surface area contributed by atoms with Gasteiger partial charge in [-0.3, -0.25) is 0 Å². The Balaban J connectivity index is 0.00000106. The van der Waals surface area contributed by atoms with Crippen LogP contribution in [0.5, 0.6) is 0 Å². The molecule has 16 heavy (non-hydrogen) atoms. The number of rotatable bonds is 4. The Morgan fingerprint density at radius 3 is 2.06 bits per heavy atom. The third-order valence-corrected chi connectivity index (χ3v) is 3.30. The van der Waals surface area contributed by atoms with Crippen molar-refractivity contribution in [3.63, 3.8) is 0 Å². The monoisotopic (exact) mass is 228 g/mol. The molecule has 0 aromatic carbocycles. The van der Waals surface area contributed by atoms with Crippen LogP contribution in [0.1, 0.15) is 47.5 Å². The van der Waals surface area contributed by atoms with Crippen molar-refractivity contribution in [1.82, 2.24) is 9.80 Å². The van der Waals surface area contributed by atoms with Gasteiger partial charge >= 0.3 is 0 Å². The van der Waals surface area contributed by atoms with Crippen molar-refractivity contribution in [3.8, 4) is 0 Å². The molecule has 0 amide bonds. The SMILES string of the molecule is CC.CCN(C)C1CCN(CC(C)C)CC1. The first-order valence-electron chi connectivity index (χ1n) is 7.06. The Kier molecular flexibility index (Phi) is 8.96. The van der Waals surface area contributed by atoms with E-state index in [1.165, 1.54) is 39.0 Å². The largest absolute Gasteiger partial charge is 0.304 e. The van der Waals surface area contributed by atoms with Gasteiger partial charge in [0.1, 0.15) is 0 Å². The maximum Gasteiger partial charge on any atom is 0.0116 e. The first-order chi connectivity index (χ1) is 7.63. The van der Waals surface area contributed by atoms with E-state index in [4.69, 9.17) is 0 Å². The summed E-state index contributed by atoms with van der Waals surface area (Å²) in [5.41, 5.74) is 0. The molecule has 1 heterocycles. The van der Waals surface area contributed by atoms with Gasteiger partial charge in [0.2, 0.25) is 0 Å². The van der Waals surface area contributed by atoms with E-state index >= 15 is 0 Å². The molecule has 0 aromatic heterocycles. The molecule has 0 bridgehead atoms. The lowest BCUT2D eigenvalue weighted by atomic mass is 10.0. The van der Waals surface area contributed by atoms with Crippen molar-refractivity contribution in [2.24, 2.45) is 5.92 Å². The number of hydrogen-bond acceptors (Lipinski definition) is 2. The van der Waals surface area contributed by atoms with Crippen molar-refractivity contribution in [2.75, 3.05) is 33.2 Å². The molecular formula is C14H32N2. The minimum atomic E-state index is 0.815. The van der Waals surface area contributed by atoms with Gasteiger partial charge in [-0.25, -0.2) is 0 Å². The molecule has 98 valence electrons. The number of hydrogen-bond donors (Lipinski definition) is 0. The lowest BCUT2D eigenvalue weighted by Gasteiger charge is -2.37. The third kappa shape index (κ3) is 5.86. The zero-order valence-corrected chi connectivity index (χ0v) is 12.3. The topological polar surface area (TPSA) is 6.48 Å². The second-order valence-electron chi connectivity index (χ2n) is 5.00. The molecule has 1 aliphatic heterocycles. The molecule has 1 rings (SSSR count). The molecule has 0 unspecified atom stereocenters. The van der Waals surface area contributed by atoms with Gasteiger partial charge in [-0.2, -0.15) is 0 Å². The summed E-state index contributed by atoms with van der Waals surface area (Å²) in [7, 11) is 2.25. The molecule has 2 nitrogen and oxygen atoms in total. The minimum absolute atomic E-state index is 0.815. The Morgan fingerprint density at radius 2 is 1.69 bits per heavy atom. The summed E-state index contributed by atoms with van der Waals surface area (Å²) < 4.78 is 0. The molecule has 1 aliphatic rings.